The molecule has 6 nitrogen and oxygen atoms in total. The number of nitrogens with zero attached hydrogens (tertiary/aromatic N) is 1. The first-order chi connectivity index (χ1) is 13.9. The Kier molecular flexibility index (Phi) is 5.50. The maximum Gasteiger partial charge on any atom is 0.264 e. The number of carbonyl (C=O) groups is 1. The fourth-order valence-corrected chi connectivity index (χ4v) is 5.42. The lowest BCUT2D eigenvalue weighted by Gasteiger charge is -2.35. The van der Waals surface area contributed by atoms with Gasteiger partial charge in [-0.25, -0.2) is 8.42 Å². The average molecular weight is 415 g/mol. The Hall–Kier alpha value is -2.54. The third-order valence-electron chi connectivity index (χ3n) is 5.59. The van der Waals surface area contributed by atoms with Crippen LogP contribution < -0.4 is 14.4 Å². The summed E-state index contributed by atoms with van der Waals surface area (Å²) in [6, 6.07) is 13.8. The number of nitrogens with one attached hydrogen (secondary N) is 1. The van der Waals surface area contributed by atoms with Gasteiger partial charge >= 0.3 is 0 Å². The summed E-state index contributed by atoms with van der Waals surface area (Å²) in [5, 5.41) is 3.05. The normalized spacial score (nSPS) is 19.9. The van der Waals surface area contributed by atoms with Crippen LogP contribution in [-0.2, 0) is 14.8 Å². The molecule has 7 heteroatoms. The van der Waals surface area contributed by atoms with Crippen molar-refractivity contribution in [3.63, 3.8) is 0 Å². The standard InChI is InChI=1S/C22H26N2O4S/c1-16-11-13-18(14-12-16)29(26,27)24-15-21(28-20-10-6-5-9-19(20)24)22(25)23-17-7-3-2-4-8-17/h5-6,9-14,17,21H,2-4,7-8,15H2,1H3,(H,23,25). The molecule has 0 bridgehead atoms. The molecular formula is C22H26N2O4S. The number of sulfonamides is 1. The van der Waals surface area contributed by atoms with Crippen LogP contribution in [0.1, 0.15) is 37.7 Å². The molecule has 29 heavy (non-hydrogen) atoms. The van der Waals surface area contributed by atoms with Gasteiger partial charge in [-0.1, -0.05) is 49.1 Å². The molecule has 1 fully saturated rings. The van der Waals surface area contributed by atoms with Gasteiger partial charge in [0.05, 0.1) is 17.1 Å². The van der Waals surface area contributed by atoms with E-state index in [0.29, 0.717) is 11.4 Å². The number of ether oxygens (including phenoxy) is 1. The Morgan fingerprint density at radius 2 is 1.72 bits per heavy atom. The molecule has 0 saturated heterocycles. The lowest BCUT2D eigenvalue weighted by Crippen LogP contribution is -2.52. The quantitative estimate of drug-likeness (QED) is 0.832. The van der Waals surface area contributed by atoms with E-state index in [2.05, 4.69) is 5.32 Å². The second-order valence-electron chi connectivity index (χ2n) is 7.77. The van der Waals surface area contributed by atoms with Gasteiger partial charge in [0.15, 0.2) is 6.10 Å². The van der Waals surface area contributed by atoms with Gasteiger partial charge in [0, 0.05) is 6.04 Å². The zero-order valence-electron chi connectivity index (χ0n) is 16.5. The van der Waals surface area contributed by atoms with E-state index in [9.17, 15) is 13.2 Å². The van der Waals surface area contributed by atoms with Gasteiger partial charge in [0.25, 0.3) is 15.9 Å². The van der Waals surface area contributed by atoms with Crippen LogP contribution in [0.15, 0.2) is 53.4 Å². The van der Waals surface area contributed by atoms with Crippen LogP contribution >= 0.6 is 0 Å². The van der Waals surface area contributed by atoms with Crippen LogP contribution in [0.5, 0.6) is 5.75 Å². The van der Waals surface area contributed by atoms with Gasteiger partial charge < -0.3 is 10.1 Å². The highest BCUT2D eigenvalue weighted by molar-refractivity contribution is 7.92. The molecule has 1 heterocycles. The van der Waals surface area contributed by atoms with Gasteiger partial charge in [-0.05, 0) is 44.0 Å². The zero-order chi connectivity index (χ0) is 20.4. The second-order valence-corrected chi connectivity index (χ2v) is 9.63. The van der Waals surface area contributed by atoms with E-state index in [0.717, 1.165) is 31.2 Å². The molecule has 1 aliphatic carbocycles. The van der Waals surface area contributed by atoms with Crippen molar-refractivity contribution in [1.82, 2.24) is 5.32 Å². The van der Waals surface area contributed by atoms with Gasteiger partial charge in [0.1, 0.15) is 5.75 Å². The highest BCUT2D eigenvalue weighted by Crippen LogP contribution is 2.37. The van der Waals surface area contributed by atoms with E-state index in [1.54, 1.807) is 48.5 Å². The first-order valence-corrected chi connectivity index (χ1v) is 11.5. The van der Waals surface area contributed by atoms with Crippen molar-refractivity contribution in [1.29, 1.82) is 0 Å². The topological polar surface area (TPSA) is 75.7 Å². The van der Waals surface area contributed by atoms with E-state index >= 15 is 0 Å². The Morgan fingerprint density at radius 3 is 2.45 bits per heavy atom. The molecular weight excluding hydrogens is 388 g/mol. The van der Waals surface area contributed by atoms with Crippen LogP contribution in [0, 0.1) is 6.92 Å². The summed E-state index contributed by atoms with van der Waals surface area (Å²) in [7, 11) is -3.82. The minimum Gasteiger partial charge on any atom is -0.476 e. The van der Waals surface area contributed by atoms with Crippen LogP contribution in [0.25, 0.3) is 0 Å². The summed E-state index contributed by atoms with van der Waals surface area (Å²) in [5.41, 5.74) is 1.44. The van der Waals surface area contributed by atoms with E-state index in [1.807, 2.05) is 6.92 Å². The highest BCUT2D eigenvalue weighted by atomic mass is 32.2. The zero-order valence-corrected chi connectivity index (χ0v) is 17.3. The van der Waals surface area contributed by atoms with Crippen molar-refractivity contribution in [3.05, 3.63) is 54.1 Å². The van der Waals surface area contributed by atoms with E-state index in [4.69, 9.17) is 4.74 Å². The number of rotatable bonds is 4. The highest BCUT2D eigenvalue weighted by Gasteiger charge is 2.38. The van der Waals surface area contributed by atoms with Crippen molar-refractivity contribution in [2.24, 2.45) is 0 Å². The number of carbonyl (C=O) groups excluding carboxylic acids is 1. The van der Waals surface area contributed by atoms with E-state index < -0.39 is 16.1 Å². The maximum atomic E-state index is 13.4. The second kappa shape index (κ2) is 8.06. The van der Waals surface area contributed by atoms with Crippen molar-refractivity contribution >= 4 is 21.6 Å². The molecule has 1 amide bonds. The number of hydrogen-bond donors (Lipinski definition) is 1. The van der Waals surface area contributed by atoms with Crippen molar-refractivity contribution in [2.45, 2.75) is 56.1 Å². The first kappa shape index (κ1) is 19.8. The van der Waals surface area contributed by atoms with Crippen molar-refractivity contribution in [2.75, 3.05) is 10.8 Å². The Morgan fingerprint density at radius 1 is 1.03 bits per heavy atom. The summed E-state index contributed by atoms with van der Waals surface area (Å²) in [5.74, 6) is 0.147. The monoisotopic (exact) mass is 414 g/mol. The molecule has 1 saturated carbocycles. The Labute approximate surface area is 171 Å². The van der Waals surface area contributed by atoms with E-state index in [1.165, 1.54) is 10.7 Å². The smallest absolute Gasteiger partial charge is 0.264 e. The van der Waals surface area contributed by atoms with Crippen molar-refractivity contribution < 1.29 is 17.9 Å². The number of amides is 1. The molecule has 0 spiro atoms. The summed E-state index contributed by atoms with van der Waals surface area (Å²) in [6.45, 7) is 1.86. The lowest BCUT2D eigenvalue weighted by molar-refractivity contribution is -0.128. The summed E-state index contributed by atoms with van der Waals surface area (Å²) >= 11 is 0. The number of benzene rings is 2. The Balaban J connectivity index is 1.62. The van der Waals surface area contributed by atoms with Crippen LogP contribution in [-0.4, -0.2) is 33.0 Å². The predicted octanol–water partition coefficient (Wildman–Crippen LogP) is 3.40. The number of hydrogen-bond acceptors (Lipinski definition) is 4. The number of anilines is 1. The maximum absolute atomic E-state index is 13.4. The summed E-state index contributed by atoms with van der Waals surface area (Å²) in [4.78, 5) is 13.1. The number of para-hydroxylation sites is 2. The lowest BCUT2D eigenvalue weighted by atomic mass is 9.95. The molecule has 2 aromatic carbocycles. The van der Waals surface area contributed by atoms with Gasteiger partial charge in [-0.2, -0.15) is 0 Å². The molecule has 0 radical (unpaired) electrons. The third kappa shape index (κ3) is 4.10. The summed E-state index contributed by atoms with van der Waals surface area (Å²) in [6.07, 6.45) is 4.44. The van der Waals surface area contributed by atoms with Gasteiger partial charge in [-0.3, -0.25) is 9.10 Å². The van der Waals surface area contributed by atoms with Crippen LogP contribution in [0.4, 0.5) is 5.69 Å². The fraction of sp³-hybridized carbons (Fsp3) is 0.409. The number of fused-ring (bicyclic) bond motifs is 1. The van der Waals surface area contributed by atoms with Gasteiger partial charge in [-0.15, -0.1) is 0 Å². The van der Waals surface area contributed by atoms with Crippen LogP contribution in [0.3, 0.4) is 0 Å². The van der Waals surface area contributed by atoms with Crippen molar-refractivity contribution in [3.8, 4) is 5.75 Å². The van der Waals surface area contributed by atoms with Crippen LogP contribution in [0.2, 0.25) is 0 Å². The number of aryl methyl sites for hydroxylation is 1. The molecule has 4 rings (SSSR count). The minimum absolute atomic E-state index is 0.0498. The average Bonchev–Trinajstić information content (AvgIpc) is 2.74. The molecule has 1 N–H and O–H groups in total. The largest absolute Gasteiger partial charge is 0.476 e. The molecule has 1 unspecified atom stereocenters. The Bertz CT molecular complexity index is 982. The SMILES string of the molecule is Cc1ccc(S(=O)(=O)N2CC(C(=O)NC3CCCCC3)Oc3ccccc32)cc1. The summed E-state index contributed by atoms with van der Waals surface area (Å²) < 4.78 is 33.9. The third-order valence-corrected chi connectivity index (χ3v) is 7.38. The molecule has 154 valence electrons. The molecule has 1 atom stereocenters. The first-order valence-electron chi connectivity index (χ1n) is 10.1. The molecule has 2 aromatic rings. The molecule has 2 aliphatic rings. The molecule has 1 aliphatic heterocycles. The predicted molar refractivity (Wildman–Crippen MR) is 112 cm³/mol. The van der Waals surface area contributed by atoms with Gasteiger partial charge in [0.2, 0.25) is 0 Å². The minimum atomic E-state index is -3.82. The fourth-order valence-electron chi connectivity index (χ4n) is 3.94. The molecule has 0 aromatic heterocycles. The van der Waals surface area contributed by atoms with E-state index in [-0.39, 0.29) is 23.4 Å².